The molecule has 1 unspecified atom stereocenters. The summed E-state index contributed by atoms with van der Waals surface area (Å²) in [5.74, 6) is 0.458. The fourth-order valence-electron chi connectivity index (χ4n) is 1.88. The highest BCUT2D eigenvalue weighted by molar-refractivity contribution is 9.10. The van der Waals surface area contributed by atoms with Crippen LogP contribution in [0.15, 0.2) is 40.9 Å². The first-order valence-corrected chi connectivity index (χ1v) is 6.82. The number of fused-ring (bicyclic) bond motifs is 1. The number of methoxy groups -OCH3 is 1. The fourth-order valence-corrected chi connectivity index (χ4v) is 2.47. The van der Waals surface area contributed by atoms with Crippen molar-refractivity contribution in [2.75, 3.05) is 7.11 Å². The van der Waals surface area contributed by atoms with Crippen molar-refractivity contribution in [3.05, 3.63) is 40.9 Å². The van der Waals surface area contributed by atoms with E-state index in [1.54, 1.807) is 0 Å². The zero-order valence-corrected chi connectivity index (χ0v) is 12.4. The number of hydrogen-bond donors (Lipinski definition) is 0. The Hall–Kier alpha value is -1.55. The van der Waals surface area contributed by atoms with Gasteiger partial charge in [0.2, 0.25) is 0 Å². The zero-order chi connectivity index (χ0) is 13.8. The van der Waals surface area contributed by atoms with E-state index in [1.807, 2.05) is 43.3 Å². The smallest absolute Gasteiger partial charge is 0.309 e. The minimum Gasteiger partial charge on any atom is -0.489 e. The molecule has 0 N–H and O–H groups in total. The van der Waals surface area contributed by atoms with Crippen molar-refractivity contribution in [2.45, 2.75) is 19.4 Å². The molecule has 0 radical (unpaired) electrons. The van der Waals surface area contributed by atoms with Crippen molar-refractivity contribution in [2.24, 2.45) is 0 Å². The first-order valence-electron chi connectivity index (χ1n) is 6.02. The van der Waals surface area contributed by atoms with Crippen molar-refractivity contribution >= 4 is 32.7 Å². The number of rotatable bonds is 4. The van der Waals surface area contributed by atoms with Gasteiger partial charge >= 0.3 is 5.97 Å². The zero-order valence-electron chi connectivity index (χ0n) is 10.9. The summed E-state index contributed by atoms with van der Waals surface area (Å²) < 4.78 is 11.3. The highest BCUT2D eigenvalue weighted by Crippen LogP contribution is 2.33. The molecule has 0 aliphatic carbocycles. The van der Waals surface area contributed by atoms with E-state index in [4.69, 9.17) is 4.74 Å². The second-order valence-electron chi connectivity index (χ2n) is 4.31. The maximum absolute atomic E-state index is 11.2. The summed E-state index contributed by atoms with van der Waals surface area (Å²) in [4.78, 5) is 11.2. The van der Waals surface area contributed by atoms with Crippen LogP contribution < -0.4 is 4.74 Å². The molecule has 0 spiro atoms. The monoisotopic (exact) mass is 322 g/mol. The standard InChI is InChI=1S/C15H15BrO3/c1-10(9-14(17)18-2)19-13-8-7-11-5-3-4-6-12(11)15(13)16/h3-8,10H,9H2,1-2H3. The minimum atomic E-state index is -0.274. The predicted octanol–water partition coefficient (Wildman–Crippen LogP) is 3.93. The molecule has 0 bridgehead atoms. The summed E-state index contributed by atoms with van der Waals surface area (Å²) in [5, 5.41) is 2.23. The van der Waals surface area contributed by atoms with Crippen LogP contribution in [-0.2, 0) is 9.53 Å². The quantitative estimate of drug-likeness (QED) is 0.800. The molecule has 2 rings (SSSR count). The van der Waals surface area contributed by atoms with E-state index in [-0.39, 0.29) is 18.5 Å². The Morgan fingerprint density at radius 3 is 2.74 bits per heavy atom. The molecular weight excluding hydrogens is 308 g/mol. The van der Waals surface area contributed by atoms with Crippen LogP contribution in [-0.4, -0.2) is 19.2 Å². The van der Waals surface area contributed by atoms with E-state index < -0.39 is 0 Å². The average molecular weight is 323 g/mol. The molecule has 0 aliphatic rings. The fraction of sp³-hybridized carbons (Fsp3) is 0.267. The number of halogens is 1. The normalized spacial score (nSPS) is 12.2. The molecule has 3 nitrogen and oxygen atoms in total. The Balaban J connectivity index is 2.21. The van der Waals surface area contributed by atoms with Crippen molar-refractivity contribution in [1.29, 1.82) is 0 Å². The molecule has 0 aromatic heterocycles. The second-order valence-corrected chi connectivity index (χ2v) is 5.10. The van der Waals surface area contributed by atoms with Gasteiger partial charge in [-0.05, 0) is 39.7 Å². The van der Waals surface area contributed by atoms with E-state index in [0.717, 1.165) is 21.0 Å². The molecule has 2 aromatic carbocycles. The third-order valence-corrected chi connectivity index (χ3v) is 3.66. The number of esters is 1. The molecule has 1 atom stereocenters. The van der Waals surface area contributed by atoms with Gasteiger partial charge < -0.3 is 9.47 Å². The topological polar surface area (TPSA) is 35.5 Å². The lowest BCUT2D eigenvalue weighted by Gasteiger charge is -2.15. The van der Waals surface area contributed by atoms with Gasteiger partial charge in [-0.1, -0.05) is 30.3 Å². The molecule has 0 amide bonds. The lowest BCUT2D eigenvalue weighted by Crippen LogP contribution is -2.18. The molecule has 19 heavy (non-hydrogen) atoms. The summed E-state index contributed by atoms with van der Waals surface area (Å²) in [6, 6.07) is 11.9. The van der Waals surface area contributed by atoms with Gasteiger partial charge in [0, 0.05) is 0 Å². The molecule has 0 fully saturated rings. The molecule has 0 aliphatic heterocycles. The van der Waals surface area contributed by atoms with Crippen molar-refractivity contribution in [3.8, 4) is 5.75 Å². The Kier molecular flexibility index (Phi) is 4.43. The highest BCUT2D eigenvalue weighted by Gasteiger charge is 2.13. The van der Waals surface area contributed by atoms with Crippen LogP contribution in [0, 0.1) is 0 Å². The van der Waals surface area contributed by atoms with Crippen molar-refractivity contribution in [1.82, 2.24) is 0 Å². The van der Waals surface area contributed by atoms with Gasteiger partial charge in [-0.15, -0.1) is 0 Å². The van der Waals surface area contributed by atoms with Gasteiger partial charge in [0.1, 0.15) is 11.9 Å². The lowest BCUT2D eigenvalue weighted by molar-refractivity contribution is -0.142. The minimum absolute atomic E-state index is 0.232. The van der Waals surface area contributed by atoms with E-state index in [0.29, 0.717) is 0 Å². The van der Waals surface area contributed by atoms with Gasteiger partial charge in [-0.25, -0.2) is 0 Å². The summed E-state index contributed by atoms with van der Waals surface area (Å²) >= 11 is 3.55. The van der Waals surface area contributed by atoms with Gasteiger partial charge in [0.25, 0.3) is 0 Å². The molecule has 2 aromatic rings. The molecule has 0 saturated heterocycles. The van der Waals surface area contributed by atoms with Crippen LogP contribution >= 0.6 is 15.9 Å². The Labute approximate surface area is 120 Å². The Morgan fingerprint density at radius 2 is 2.00 bits per heavy atom. The number of hydrogen-bond acceptors (Lipinski definition) is 3. The lowest BCUT2D eigenvalue weighted by atomic mass is 10.1. The Bertz CT molecular complexity index is 595. The van der Waals surface area contributed by atoms with Crippen LogP contribution in [0.2, 0.25) is 0 Å². The summed E-state index contributed by atoms with van der Waals surface area (Å²) in [6.45, 7) is 1.85. The van der Waals surface area contributed by atoms with Gasteiger partial charge in [-0.3, -0.25) is 4.79 Å². The summed E-state index contributed by atoms with van der Waals surface area (Å²) in [7, 11) is 1.38. The van der Waals surface area contributed by atoms with E-state index in [9.17, 15) is 4.79 Å². The number of carbonyl (C=O) groups is 1. The van der Waals surface area contributed by atoms with Crippen LogP contribution in [0.5, 0.6) is 5.75 Å². The first kappa shape index (κ1) is 13.9. The van der Waals surface area contributed by atoms with Crippen LogP contribution in [0.4, 0.5) is 0 Å². The van der Waals surface area contributed by atoms with Crippen molar-refractivity contribution in [3.63, 3.8) is 0 Å². The van der Waals surface area contributed by atoms with Crippen LogP contribution in [0.3, 0.4) is 0 Å². The summed E-state index contributed by atoms with van der Waals surface area (Å²) in [5.41, 5.74) is 0. The number of carbonyl (C=O) groups excluding carboxylic acids is 1. The van der Waals surface area contributed by atoms with E-state index >= 15 is 0 Å². The third-order valence-electron chi connectivity index (χ3n) is 2.84. The molecule has 0 saturated carbocycles. The first-order chi connectivity index (χ1) is 9.11. The van der Waals surface area contributed by atoms with E-state index in [2.05, 4.69) is 20.7 Å². The number of benzene rings is 2. The molecule has 100 valence electrons. The molecular formula is C15H15BrO3. The maximum Gasteiger partial charge on any atom is 0.309 e. The van der Waals surface area contributed by atoms with Gasteiger partial charge in [0.15, 0.2) is 0 Å². The van der Waals surface area contributed by atoms with Gasteiger partial charge in [-0.2, -0.15) is 0 Å². The third kappa shape index (κ3) is 3.26. The SMILES string of the molecule is COC(=O)CC(C)Oc1ccc2ccccc2c1Br. The molecule has 4 heteroatoms. The average Bonchev–Trinajstić information content (AvgIpc) is 2.42. The van der Waals surface area contributed by atoms with Crippen molar-refractivity contribution < 1.29 is 14.3 Å². The molecule has 0 heterocycles. The largest absolute Gasteiger partial charge is 0.489 e. The predicted molar refractivity (Wildman–Crippen MR) is 78.4 cm³/mol. The summed E-state index contributed by atoms with van der Waals surface area (Å²) in [6.07, 6.45) is 0.000349. The number of ether oxygens (including phenoxy) is 2. The highest BCUT2D eigenvalue weighted by atomic mass is 79.9. The Morgan fingerprint density at radius 1 is 1.26 bits per heavy atom. The van der Waals surface area contributed by atoms with Gasteiger partial charge in [0.05, 0.1) is 18.0 Å². The maximum atomic E-state index is 11.2. The van der Waals surface area contributed by atoms with Crippen LogP contribution in [0.1, 0.15) is 13.3 Å². The van der Waals surface area contributed by atoms with Crippen LogP contribution in [0.25, 0.3) is 10.8 Å². The second kappa shape index (κ2) is 6.06. The van der Waals surface area contributed by atoms with E-state index in [1.165, 1.54) is 7.11 Å².